The minimum absolute atomic E-state index is 0.0706. The third-order valence-electron chi connectivity index (χ3n) is 3.21. The number of halogens is 2. The normalized spacial score (nSPS) is 10.5. The number of nitrogens with one attached hydrogen (secondary N) is 1. The predicted octanol–water partition coefficient (Wildman–Crippen LogP) is 3.87. The van der Waals surface area contributed by atoms with Crippen LogP contribution < -0.4 is 5.32 Å². The molecule has 0 fully saturated rings. The molecule has 1 aromatic carbocycles. The molecule has 9 heteroatoms. The lowest BCUT2D eigenvalue weighted by molar-refractivity contribution is -0.146. The molecule has 0 radical (unpaired) electrons. The maximum atomic E-state index is 13.4. The summed E-state index contributed by atoms with van der Waals surface area (Å²) in [5.74, 6) is -3.01. The summed E-state index contributed by atoms with van der Waals surface area (Å²) in [7, 11) is 0. The molecule has 0 aliphatic rings. The Hall–Kier alpha value is -2.65. The summed E-state index contributed by atoms with van der Waals surface area (Å²) in [4.78, 5) is 27.9. The summed E-state index contributed by atoms with van der Waals surface area (Å²) >= 11 is 2.97. The van der Waals surface area contributed by atoms with Crippen molar-refractivity contribution in [2.75, 3.05) is 11.9 Å². The van der Waals surface area contributed by atoms with Crippen LogP contribution >= 0.6 is 22.7 Å². The number of anilines is 1. The first kappa shape index (κ1) is 18.2. The van der Waals surface area contributed by atoms with Gasteiger partial charge in [0.15, 0.2) is 6.61 Å². The van der Waals surface area contributed by atoms with E-state index in [4.69, 9.17) is 4.74 Å². The smallest absolute Gasteiger partial charge is 0.312 e. The number of benzene rings is 1. The Kier molecular flexibility index (Phi) is 5.69. The number of hydrogen-bond acceptors (Lipinski definition) is 6. The summed E-state index contributed by atoms with van der Waals surface area (Å²) in [6, 6.07) is 4.68. The molecule has 0 bridgehead atoms. The van der Waals surface area contributed by atoms with Gasteiger partial charge in [-0.2, -0.15) is 11.3 Å². The van der Waals surface area contributed by atoms with Crippen LogP contribution in [0.4, 0.5) is 14.5 Å². The largest absolute Gasteiger partial charge is 0.455 e. The zero-order valence-corrected chi connectivity index (χ0v) is 14.8. The van der Waals surface area contributed by atoms with E-state index in [-0.39, 0.29) is 12.1 Å². The quantitative estimate of drug-likeness (QED) is 0.645. The van der Waals surface area contributed by atoms with Crippen LogP contribution in [0.25, 0.3) is 10.6 Å². The highest BCUT2D eigenvalue weighted by molar-refractivity contribution is 7.14. The first-order valence-corrected chi connectivity index (χ1v) is 9.21. The Morgan fingerprint density at radius 2 is 2.04 bits per heavy atom. The fourth-order valence-corrected chi connectivity index (χ4v) is 3.56. The van der Waals surface area contributed by atoms with E-state index < -0.39 is 30.1 Å². The maximum Gasteiger partial charge on any atom is 0.312 e. The third kappa shape index (κ3) is 4.70. The van der Waals surface area contributed by atoms with Crippen LogP contribution in [0.2, 0.25) is 0 Å². The number of thiazole rings is 1. The van der Waals surface area contributed by atoms with E-state index in [1.165, 1.54) is 11.3 Å². The summed E-state index contributed by atoms with van der Waals surface area (Å²) in [6.07, 6.45) is -0.0706. The SMILES string of the molecule is O=C(COC(=O)Cc1csc(-c2ccsc2)n1)Nc1ccc(F)cc1F. The highest BCUT2D eigenvalue weighted by atomic mass is 32.1. The lowest BCUT2D eigenvalue weighted by atomic mass is 10.3. The van der Waals surface area contributed by atoms with Crippen molar-refractivity contribution in [3.8, 4) is 10.6 Å². The number of hydrogen-bond donors (Lipinski definition) is 1. The van der Waals surface area contributed by atoms with Gasteiger partial charge >= 0.3 is 5.97 Å². The van der Waals surface area contributed by atoms with Crippen molar-refractivity contribution in [1.29, 1.82) is 0 Å². The van der Waals surface area contributed by atoms with Crippen molar-refractivity contribution in [2.45, 2.75) is 6.42 Å². The number of thiophene rings is 1. The molecule has 0 spiro atoms. The second-order valence-electron chi connectivity index (χ2n) is 5.17. The van der Waals surface area contributed by atoms with Crippen LogP contribution in [-0.4, -0.2) is 23.5 Å². The van der Waals surface area contributed by atoms with Gasteiger partial charge in [-0.25, -0.2) is 13.8 Å². The number of aromatic nitrogens is 1. The van der Waals surface area contributed by atoms with E-state index in [1.54, 1.807) is 16.7 Å². The van der Waals surface area contributed by atoms with E-state index >= 15 is 0 Å². The van der Waals surface area contributed by atoms with Gasteiger partial charge in [0.05, 0.1) is 17.8 Å². The summed E-state index contributed by atoms with van der Waals surface area (Å²) in [5, 5.41) is 8.66. The minimum atomic E-state index is -0.909. The molecule has 26 heavy (non-hydrogen) atoms. The van der Waals surface area contributed by atoms with Gasteiger partial charge in [0.25, 0.3) is 5.91 Å². The molecular formula is C17H12F2N2O3S2. The van der Waals surface area contributed by atoms with E-state index in [0.29, 0.717) is 11.8 Å². The van der Waals surface area contributed by atoms with E-state index in [2.05, 4.69) is 10.3 Å². The van der Waals surface area contributed by atoms with Gasteiger partial charge in [-0.15, -0.1) is 11.3 Å². The first-order chi connectivity index (χ1) is 12.5. The number of ether oxygens (including phenoxy) is 1. The fraction of sp³-hybridized carbons (Fsp3) is 0.118. The molecular weight excluding hydrogens is 382 g/mol. The Balaban J connectivity index is 1.48. The maximum absolute atomic E-state index is 13.4. The molecule has 3 aromatic rings. The molecule has 3 rings (SSSR count). The fourth-order valence-electron chi connectivity index (χ4n) is 2.03. The molecule has 0 unspecified atom stereocenters. The molecule has 5 nitrogen and oxygen atoms in total. The van der Waals surface area contributed by atoms with Crippen molar-refractivity contribution in [1.82, 2.24) is 4.98 Å². The van der Waals surface area contributed by atoms with Crippen LogP contribution in [0.15, 0.2) is 40.4 Å². The number of rotatable bonds is 6. The second kappa shape index (κ2) is 8.15. The zero-order chi connectivity index (χ0) is 18.5. The Morgan fingerprint density at radius 3 is 2.77 bits per heavy atom. The van der Waals surface area contributed by atoms with E-state index in [1.807, 2.05) is 16.8 Å². The van der Waals surface area contributed by atoms with Gasteiger partial charge in [-0.3, -0.25) is 9.59 Å². The molecule has 0 saturated carbocycles. The monoisotopic (exact) mass is 394 g/mol. The number of carbonyl (C=O) groups excluding carboxylic acids is 2. The average Bonchev–Trinajstić information content (AvgIpc) is 3.27. The number of nitrogens with zero attached hydrogens (tertiary/aromatic N) is 1. The van der Waals surface area contributed by atoms with Gasteiger partial charge in [0, 0.05) is 22.4 Å². The predicted molar refractivity (Wildman–Crippen MR) is 95.1 cm³/mol. The number of carbonyl (C=O) groups is 2. The van der Waals surface area contributed by atoms with Crippen molar-refractivity contribution in [2.24, 2.45) is 0 Å². The second-order valence-corrected chi connectivity index (χ2v) is 6.80. The van der Waals surface area contributed by atoms with Crippen LogP contribution in [0, 0.1) is 11.6 Å². The molecule has 2 heterocycles. The molecule has 0 aliphatic heterocycles. The molecule has 0 atom stereocenters. The first-order valence-electron chi connectivity index (χ1n) is 7.39. The molecule has 0 saturated heterocycles. The van der Waals surface area contributed by atoms with Gasteiger partial charge in [0.2, 0.25) is 0 Å². The Bertz CT molecular complexity index is 926. The lowest BCUT2D eigenvalue weighted by Crippen LogP contribution is -2.22. The van der Waals surface area contributed by atoms with Gasteiger partial charge in [0.1, 0.15) is 16.6 Å². The molecule has 2 aromatic heterocycles. The van der Waals surface area contributed by atoms with Crippen molar-refractivity contribution in [3.05, 3.63) is 57.7 Å². The number of amides is 1. The zero-order valence-electron chi connectivity index (χ0n) is 13.2. The molecule has 134 valence electrons. The molecule has 0 aliphatic carbocycles. The van der Waals surface area contributed by atoms with Crippen LogP contribution in [0.5, 0.6) is 0 Å². The Morgan fingerprint density at radius 1 is 1.19 bits per heavy atom. The van der Waals surface area contributed by atoms with Crippen molar-refractivity contribution < 1.29 is 23.1 Å². The van der Waals surface area contributed by atoms with Crippen LogP contribution in [-0.2, 0) is 20.7 Å². The van der Waals surface area contributed by atoms with E-state index in [9.17, 15) is 18.4 Å². The van der Waals surface area contributed by atoms with E-state index in [0.717, 1.165) is 22.7 Å². The highest BCUT2D eigenvalue weighted by Crippen LogP contribution is 2.25. The molecule has 1 N–H and O–H groups in total. The van der Waals surface area contributed by atoms with Gasteiger partial charge < -0.3 is 10.1 Å². The Labute approximate surface area is 155 Å². The van der Waals surface area contributed by atoms with Crippen LogP contribution in [0.3, 0.4) is 0 Å². The summed E-state index contributed by atoms with van der Waals surface area (Å²) in [6.45, 7) is -0.572. The summed E-state index contributed by atoms with van der Waals surface area (Å²) < 4.78 is 31.1. The van der Waals surface area contributed by atoms with Gasteiger partial charge in [-0.05, 0) is 23.6 Å². The average molecular weight is 394 g/mol. The standard InChI is InChI=1S/C17H12F2N2O3S2/c18-11-1-2-14(13(19)5-11)21-15(22)7-24-16(23)6-12-9-26-17(20-12)10-3-4-25-8-10/h1-5,8-9H,6-7H2,(H,21,22). The van der Waals surface area contributed by atoms with Crippen LogP contribution in [0.1, 0.15) is 5.69 Å². The number of esters is 1. The van der Waals surface area contributed by atoms with Crippen molar-refractivity contribution >= 4 is 40.2 Å². The lowest BCUT2D eigenvalue weighted by Gasteiger charge is -2.07. The highest BCUT2D eigenvalue weighted by Gasteiger charge is 2.13. The van der Waals surface area contributed by atoms with Crippen molar-refractivity contribution in [3.63, 3.8) is 0 Å². The minimum Gasteiger partial charge on any atom is -0.455 e. The summed E-state index contributed by atoms with van der Waals surface area (Å²) in [5.41, 5.74) is 1.35. The van der Waals surface area contributed by atoms with Gasteiger partial charge in [-0.1, -0.05) is 0 Å². The topological polar surface area (TPSA) is 68.3 Å². The third-order valence-corrected chi connectivity index (χ3v) is 4.84. The molecule has 1 amide bonds.